The van der Waals surface area contributed by atoms with Crippen molar-refractivity contribution in [3.05, 3.63) is 148 Å². The summed E-state index contributed by atoms with van der Waals surface area (Å²) in [5, 5.41) is 50.8. The van der Waals surface area contributed by atoms with Gasteiger partial charge in [-0.1, -0.05) is 12.6 Å². The van der Waals surface area contributed by atoms with Crippen molar-refractivity contribution >= 4 is 92.3 Å². The molecule has 0 atom stereocenters. The molecule has 26 heteroatoms. The number of anilines is 2. The number of nitrogens with zero attached hydrogens (tertiary/aromatic N) is 8. The number of benzene rings is 6. The first-order chi connectivity index (χ1) is 37.3. The second-order valence-corrected chi connectivity index (χ2v) is 22.2. The van der Waals surface area contributed by atoms with Crippen LogP contribution in [0, 0.1) is 27.7 Å². The minimum atomic E-state index is -4.79. The number of nitrogens with one attached hydrogen (secondary N) is 1. The summed E-state index contributed by atoms with van der Waals surface area (Å²) in [4.78, 5) is -0.749. The van der Waals surface area contributed by atoms with E-state index in [-0.39, 0.29) is 77.4 Å². The molecule has 0 aliphatic heterocycles. The number of allylic oxidation sites excluding steroid dienone is 3. The molecule has 6 aromatic rings. The molecule has 0 fully saturated rings. The molecule has 0 saturated heterocycles. The maximum absolute atomic E-state index is 12.0. The quantitative estimate of drug-likeness (QED) is 0.0117. The van der Waals surface area contributed by atoms with E-state index in [9.17, 15) is 44.0 Å². The van der Waals surface area contributed by atoms with E-state index in [0.29, 0.717) is 44.8 Å². The molecule has 0 heterocycles. The number of rotatable bonds is 25. The number of phenolic OH excluding ortho intramolecular Hbond substituents is 1. The summed E-state index contributed by atoms with van der Waals surface area (Å²) >= 11 is 0. The molecule has 79 heavy (non-hydrogen) atoms. The van der Waals surface area contributed by atoms with Gasteiger partial charge in [0.2, 0.25) is 0 Å². The Kier molecular flexibility index (Phi) is 20.0. The Morgan fingerprint density at radius 3 is 1.51 bits per heavy atom. The first kappa shape index (κ1) is 60.0. The van der Waals surface area contributed by atoms with E-state index in [2.05, 4.69) is 52.8 Å². The molecule has 0 spiro atoms. The van der Waals surface area contributed by atoms with Crippen LogP contribution in [-0.4, -0.2) is 83.0 Å². The van der Waals surface area contributed by atoms with Crippen LogP contribution < -0.4 is 19.5 Å². The van der Waals surface area contributed by atoms with Gasteiger partial charge in [0, 0.05) is 28.9 Å². The molecule has 6 aromatic carbocycles. The van der Waals surface area contributed by atoms with Gasteiger partial charge in [0.15, 0.2) is 5.75 Å². The number of fused-ring (bicyclic) bond motifs is 1. The Bertz CT molecular complexity index is 3810. The average Bonchev–Trinajstić information content (AvgIpc) is 3.44. The predicted octanol–water partition coefficient (Wildman–Crippen LogP) is 14.0. The highest BCUT2D eigenvalue weighted by molar-refractivity contribution is 7.90. The van der Waals surface area contributed by atoms with Crippen LogP contribution in [0.25, 0.3) is 10.8 Å². The topological polar surface area (TPSA) is 331 Å². The van der Waals surface area contributed by atoms with Gasteiger partial charge >= 0.3 is 0 Å². The number of azo groups is 4. The smallest absolute Gasteiger partial charge is 0.296 e. The standard InChI is InChI=1S/C53H57N9O14S3/c1-32-26-46(33(2)25-45(32)57-56-44-20-12-38-29-40(15-18-42(38)53(44)63)54-39-13-16-41(74-8)17-14-39)58-61-49-28-35(4)48(31-52(49)76-22-10-24-78(67,68)69)60-62-50-27-34(3)47(30-51(50)75-21-9-23-77(64,65)66)59-55-43(19-11-36(5)73-7)37(6)79(70,71)72/h11-20,25-31,54,63H,6,9-10,21-24H2,1-5,7-8H3,(H,64,65,66)(H,67,68,69)(H,70,71,72)/b36-11+,43-19+,57-56+,59-55-,61-58-,62-60-. The van der Waals surface area contributed by atoms with Crippen molar-refractivity contribution in [1.82, 2.24) is 0 Å². The predicted molar refractivity (Wildman–Crippen MR) is 300 cm³/mol. The third kappa shape index (κ3) is 17.6. The minimum Gasteiger partial charge on any atom is -0.505 e. The zero-order valence-electron chi connectivity index (χ0n) is 43.9. The highest BCUT2D eigenvalue weighted by Crippen LogP contribution is 2.42. The van der Waals surface area contributed by atoms with Crippen molar-refractivity contribution in [2.45, 2.75) is 47.5 Å². The highest BCUT2D eigenvalue weighted by Gasteiger charge is 2.18. The van der Waals surface area contributed by atoms with E-state index in [1.54, 1.807) is 65.1 Å². The summed E-state index contributed by atoms with van der Waals surface area (Å²) in [6.07, 6.45) is 2.40. The first-order valence-corrected chi connectivity index (χ1v) is 28.5. The zero-order chi connectivity index (χ0) is 57.7. The molecule has 0 radical (unpaired) electrons. The van der Waals surface area contributed by atoms with Gasteiger partial charge in [-0.2, -0.15) is 45.7 Å². The van der Waals surface area contributed by atoms with E-state index in [4.69, 9.17) is 18.9 Å². The molecule has 0 aliphatic rings. The fraction of sp³-hybridized carbons (Fsp3) is 0.245. The molecule has 0 amide bonds. The number of hydrogen-bond acceptors (Lipinski definition) is 20. The van der Waals surface area contributed by atoms with Gasteiger partial charge in [0.05, 0.1) is 67.4 Å². The third-order valence-electron chi connectivity index (χ3n) is 11.5. The third-order valence-corrected chi connectivity index (χ3v) is 13.9. The van der Waals surface area contributed by atoms with Gasteiger partial charge in [-0.25, -0.2) is 0 Å². The molecule has 0 unspecified atom stereocenters. The summed E-state index contributed by atoms with van der Waals surface area (Å²) in [5.74, 6) is 0.0422. The van der Waals surface area contributed by atoms with Gasteiger partial charge in [0.25, 0.3) is 30.4 Å². The normalized spacial score (nSPS) is 12.8. The summed E-state index contributed by atoms with van der Waals surface area (Å²) in [6, 6.07) is 26.1. The largest absolute Gasteiger partial charge is 0.505 e. The molecule has 6 rings (SSSR count). The lowest BCUT2D eigenvalue weighted by Crippen LogP contribution is -2.08. The molecule has 0 saturated carbocycles. The van der Waals surface area contributed by atoms with Crippen molar-refractivity contribution in [2.24, 2.45) is 40.9 Å². The van der Waals surface area contributed by atoms with Crippen LogP contribution in [0.4, 0.5) is 51.2 Å². The van der Waals surface area contributed by atoms with Crippen LogP contribution >= 0.6 is 0 Å². The van der Waals surface area contributed by atoms with Crippen molar-refractivity contribution in [3.63, 3.8) is 0 Å². The second-order valence-electron chi connectivity index (χ2n) is 17.6. The van der Waals surface area contributed by atoms with Crippen LogP contribution in [0.2, 0.25) is 0 Å². The van der Waals surface area contributed by atoms with Gasteiger partial charge in [-0.05, 0) is 160 Å². The number of aromatic hydroxyl groups is 1. The molecular weight excluding hydrogens is 1080 g/mol. The van der Waals surface area contributed by atoms with E-state index in [1.807, 2.05) is 49.4 Å². The number of hydrogen-bond donors (Lipinski definition) is 5. The van der Waals surface area contributed by atoms with Crippen LogP contribution in [0.5, 0.6) is 23.0 Å². The maximum Gasteiger partial charge on any atom is 0.296 e. The van der Waals surface area contributed by atoms with Crippen LogP contribution in [0.3, 0.4) is 0 Å². The maximum atomic E-state index is 12.0. The zero-order valence-corrected chi connectivity index (χ0v) is 46.4. The Morgan fingerprint density at radius 2 is 1.03 bits per heavy atom. The summed E-state index contributed by atoms with van der Waals surface area (Å²) < 4.78 is 120. The van der Waals surface area contributed by atoms with Crippen LogP contribution in [0.1, 0.15) is 42.0 Å². The average molecular weight is 1140 g/mol. The van der Waals surface area contributed by atoms with E-state index in [1.165, 1.54) is 37.5 Å². The fourth-order valence-electron chi connectivity index (χ4n) is 7.09. The van der Waals surface area contributed by atoms with Crippen LogP contribution in [-0.2, 0) is 35.1 Å². The lowest BCUT2D eigenvalue weighted by molar-refractivity contribution is 0.293. The second kappa shape index (κ2) is 26.4. The van der Waals surface area contributed by atoms with Crippen molar-refractivity contribution in [1.29, 1.82) is 0 Å². The van der Waals surface area contributed by atoms with Gasteiger partial charge in [-0.3, -0.25) is 13.7 Å². The summed E-state index contributed by atoms with van der Waals surface area (Å²) in [5.41, 5.74) is 5.68. The molecule has 23 nitrogen and oxygen atoms in total. The summed E-state index contributed by atoms with van der Waals surface area (Å²) in [7, 11) is -10.4. The van der Waals surface area contributed by atoms with Crippen molar-refractivity contribution in [2.75, 3.05) is 44.3 Å². The van der Waals surface area contributed by atoms with Crippen LogP contribution in [0.15, 0.2) is 167 Å². The SMILES string of the molecule is C=C(C(=C\C=C(/C)OC)/N=N\c1cc(OCCCS(=O)(=O)O)c(/N=N\c2cc(OCCCS(=O)(=O)O)c(/N=N\c3cc(C)c(/N=N/c4ccc5cc(Nc6ccc(OC)cc6)ccc5c4O)cc3C)cc2C)cc1C)S(=O)(=O)O. The van der Waals surface area contributed by atoms with Gasteiger partial charge in [-0.15, -0.1) is 20.5 Å². The molecule has 0 bridgehead atoms. The molecule has 5 N–H and O–H groups in total. The Hall–Kier alpha value is -8.27. The number of methoxy groups -OCH3 is 2. The number of ether oxygens (including phenoxy) is 4. The molecule has 0 aliphatic carbocycles. The van der Waals surface area contributed by atoms with Crippen molar-refractivity contribution in [3.8, 4) is 23.0 Å². The van der Waals surface area contributed by atoms with Gasteiger partial charge < -0.3 is 29.4 Å². The number of phenols is 1. The highest BCUT2D eigenvalue weighted by atomic mass is 32.2. The Morgan fingerprint density at radius 1 is 0.570 bits per heavy atom. The van der Waals surface area contributed by atoms with E-state index >= 15 is 0 Å². The monoisotopic (exact) mass is 1140 g/mol. The fourth-order valence-corrected chi connectivity index (χ4v) is 8.42. The van der Waals surface area contributed by atoms with Gasteiger partial charge in [0.1, 0.15) is 44.9 Å². The Labute approximate surface area is 457 Å². The molecule has 416 valence electrons. The van der Waals surface area contributed by atoms with E-state index in [0.717, 1.165) is 22.5 Å². The first-order valence-electron chi connectivity index (χ1n) is 23.8. The Balaban J connectivity index is 1.28. The number of aryl methyl sites for hydroxylation is 4. The molecular formula is C53H57N9O14S3. The van der Waals surface area contributed by atoms with Crippen molar-refractivity contribution < 1.29 is 63.0 Å². The minimum absolute atomic E-state index is 0.0246. The summed E-state index contributed by atoms with van der Waals surface area (Å²) in [6.45, 7) is 11.6. The lowest BCUT2D eigenvalue weighted by atomic mass is 10.1. The van der Waals surface area contributed by atoms with E-state index < -0.39 is 46.8 Å². The lowest BCUT2D eigenvalue weighted by Gasteiger charge is -2.12. The molecule has 0 aromatic heterocycles.